The molecule has 168 valence electrons. The number of hydrogen-bond donors (Lipinski definition) is 0. The average molecular weight is 438 g/mol. The lowest BCUT2D eigenvalue weighted by molar-refractivity contribution is -0.384. The molecule has 0 unspecified atom stereocenters. The minimum absolute atomic E-state index is 0.0397. The molecule has 9 nitrogen and oxygen atoms in total. The third kappa shape index (κ3) is 4.88. The first-order valence-electron chi connectivity index (χ1n) is 10.5. The van der Waals surface area contributed by atoms with Gasteiger partial charge in [0.2, 0.25) is 5.89 Å². The Morgan fingerprint density at radius 1 is 1.16 bits per heavy atom. The topological polar surface area (TPSA) is 102 Å². The van der Waals surface area contributed by atoms with E-state index in [0.717, 1.165) is 18.7 Å². The van der Waals surface area contributed by atoms with Crippen molar-refractivity contribution in [1.82, 2.24) is 14.8 Å². The molecule has 9 heteroatoms. The van der Waals surface area contributed by atoms with Gasteiger partial charge in [-0.05, 0) is 44.5 Å². The van der Waals surface area contributed by atoms with Gasteiger partial charge >= 0.3 is 6.09 Å². The van der Waals surface area contributed by atoms with Crippen LogP contribution in [0.25, 0.3) is 22.6 Å². The molecule has 1 amide bonds. The van der Waals surface area contributed by atoms with Crippen LogP contribution >= 0.6 is 0 Å². The van der Waals surface area contributed by atoms with Gasteiger partial charge in [-0.1, -0.05) is 18.2 Å². The molecule has 0 saturated carbocycles. The lowest BCUT2D eigenvalue weighted by atomic mass is 10.1. The van der Waals surface area contributed by atoms with E-state index in [0.29, 0.717) is 36.3 Å². The summed E-state index contributed by atoms with van der Waals surface area (Å²) in [4.78, 5) is 31.6. The molecule has 0 atom stereocenters. The van der Waals surface area contributed by atoms with Crippen LogP contribution in [0.1, 0.15) is 26.3 Å². The predicted molar refractivity (Wildman–Crippen MR) is 119 cm³/mol. The fourth-order valence-electron chi connectivity index (χ4n) is 3.67. The van der Waals surface area contributed by atoms with E-state index in [-0.39, 0.29) is 17.7 Å². The van der Waals surface area contributed by atoms with Crippen molar-refractivity contribution < 1.29 is 18.9 Å². The van der Waals surface area contributed by atoms with E-state index in [2.05, 4.69) is 9.88 Å². The van der Waals surface area contributed by atoms with Crippen LogP contribution in [-0.4, -0.2) is 57.6 Å². The Balaban J connectivity index is 1.44. The summed E-state index contributed by atoms with van der Waals surface area (Å²) in [5, 5.41) is 11.3. The summed E-state index contributed by atoms with van der Waals surface area (Å²) in [5.41, 5.74) is 2.11. The molecule has 1 aromatic heterocycles. The van der Waals surface area contributed by atoms with Gasteiger partial charge in [0.15, 0.2) is 5.58 Å². The number of amides is 1. The van der Waals surface area contributed by atoms with Gasteiger partial charge in [-0.3, -0.25) is 15.0 Å². The van der Waals surface area contributed by atoms with Crippen molar-refractivity contribution in [2.45, 2.75) is 32.9 Å². The molecule has 0 radical (unpaired) electrons. The fourth-order valence-corrected chi connectivity index (χ4v) is 3.67. The first kappa shape index (κ1) is 21.8. The van der Waals surface area contributed by atoms with Crippen molar-refractivity contribution in [2.75, 3.05) is 26.2 Å². The van der Waals surface area contributed by atoms with Crippen molar-refractivity contribution in [3.63, 3.8) is 0 Å². The normalized spacial score (nSPS) is 15.2. The number of aromatic nitrogens is 1. The van der Waals surface area contributed by atoms with Gasteiger partial charge in [-0.2, -0.15) is 0 Å². The van der Waals surface area contributed by atoms with Crippen LogP contribution in [0, 0.1) is 10.1 Å². The van der Waals surface area contributed by atoms with Gasteiger partial charge < -0.3 is 14.1 Å². The van der Waals surface area contributed by atoms with Crippen LogP contribution in [-0.2, 0) is 11.3 Å². The highest BCUT2D eigenvalue weighted by atomic mass is 16.6. The summed E-state index contributed by atoms with van der Waals surface area (Å²) < 4.78 is 11.2. The number of nitro groups is 1. The van der Waals surface area contributed by atoms with E-state index in [1.807, 2.05) is 39.0 Å². The lowest BCUT2D eigenvalue weighted by Gasteiger charge is -2.35. The van der Waals surface area contributed by atoms with E-state index in [1.165, 1.54) is 6.07 Å². The van der Waals surface area contributed by atoms with Gasteiger partial charge in [-0.15, -0.1) is 0 Å². The number of carbonyl (C=O) groups excluding carboxylic acids is 1. The summed E-state index contributed by atoms with van der Waals surface area (Å²) in [7, 11) is 0. The lowest BCUT2D eigenvalue weighted by Crippen LogP contribution is -2.49. The Kier molecular flexibility index (Phi) is 5.84. The SMILES string of the molecule is CC(C)(C)OC(=O)N1CCN(Cc2ccc3oc(-c4ccccc4[N+](=O)[O-])nc3c2)CC1. The Labute approximate surface area is 185 Å². The largest absolute Gasteiger partial charge is 0.444 e. The van der Waals surface area contributed by atoms with Crippen LogP contribution in [0.15, 0.2) is 46.9 Å². The summed E-state index contributed by atoms with van der Waals surface area (Å²) >= 11 is 0. The minimum atomic E-state index is -0.500. The zero-order chi connectivity index (χ0) is 22.9. The molecule has 2 aromatic carbocycles. The highest BCUT2D eigenvalue weighted by Gasteiger charge is 2.26. The maximum Gasteiger partial charge on any atom is 0.410 e. The van der Waals surface area contributed by atoms with Gasteiger partial charge in [0.05, 0.1) is 4.92 Å². The van der Waals surface area contributed by atoms with Crippen molar-refractivity contribution in [3.8, 4) is 11.5 Å². The smallest absolute Gasteiger partial charge is 0.410 e. The quantitative estimate of drug-likeness (QED) is 0.438. The molecule has 1 saturated heterocycles. The number of carbonyl (C=O) groups is 1. The molecular weight excluding hydrogens is 412 g/mol. The first-order valence-corrected chi connectivity index (χ1v) is 10.5. The third-order valence-corrected chi connectivity index (χ3v) is 5.21. The number of nitrogens with zero attached hydrogens (tertiary/aromatic N) is 4. The monoisotopic (exact) mass is 438 g/mol. The van der Waals surface area contributed by atoms with Crippen molar-refractivity contribution >= 4 is 22.9 Å². The molecule has 2 heterocycles. The van der Waals surface area contributed by atoms with E-state index < -0.39 is 10.5 Å². The van der Waals surface area contributed by atoms with Crippen LogP contribution in [0.5, 0.6) is 0 Å². The van der Waals surface area contributed by atoms with Gasteiger partial charge in [0.1, 0.15) is 16.7 Å². The van der Waals surface area contributed by atoms with Crippen molar-refractivity contribution in [2.24, 2.45) is 0 Å². The summed E-state index contributed by atoms with van der Waals surface area (Å²) in [6.45, 7) is 9.03. The number of rotatable bonds is 4. The molecular formula is C23H26N4O5. The molecule has 1 fully saturated rings. The van der Waals surface area contributed by atoms with Gasteiger partial charge in [0, 0.05) is 38.8 Å². The molecule has 0 bridgehead atoms. The number of fused-ring (bicyclic) bond motifs is 1. The number of hydrogen-bond acceptors (Lipinski definition) is 7. The van der Waals surface area contributed by atoms with Gasteiger partial charge in [-0.25, -0.2) is 9.78 Å². The maximum absolute atomic E-state index is 12.2. The Morgan fingerprint density at radius 2 is 1.88 bits per heavy atom. The third-order valence-electron chi connectivity index (χ3n) is 5.21. The van der Waals surface area contributed by atoms with Crippen LogP contribution in [0.4, 0.5) is 10.5 Å². The molecule has 1 aliphatic rings. The minimum Gasteiger partial charge on any atom is -0.444 e. The second kappa shape index (κ2) is 8.58. The molecule has 0 N–H and O–H groups in total. The maximum atomic E-state index is 12.2. The molecule has 3 aromatic rings. The molecule has 32 heavy (non-hydrogen) atoms. The molecule has 0 aliphatic carbocycles. The van der Waals surface area contributed by atoms with E-state index in [4.69, 9.17) is 9.15 Å². The zero-order valence-electron chi connectivity index (χ0n) is 18.4. The van der Waals surface area contributed by atoms with Crippen LogP contribution < -0.4 is 0 Å². The van der Waals surface area contributed by atoms with E-state index >= 15 is 0 Å². The zero-order valence-corrected chi connectivity index (χ0v) is 18.4. The first-order chi connectivity index (χ1) is 15.2. The summed E-state index contributed by atoms with van der Waals surface area (Å²) in [5.74, 6) is 0.232. The average Bonchev–Trinajstić information content (AvgIpc) is 3.16. The van der Waals surface area contributed by atoms with E-state index in [9.17, 15) is 14.9 Å². The Morgan fingerprint density at radius 3 is 2.56 bits per heavy atom. The predicted octanol–water partition coefficient (Wildman–Crippen LogP) is 4.46. The number of benzene rings is 2. The number of ether oxygens (including phenoxy) is 1. The van der Waals surface area contributed by atoms with Crippen LogP contribution in [0.2, 0.25) is 0 Å². The number of oxazole rings is 1. The molecule has 1 aliphatic heterocycles. The van der Waals surface area contributed by atoms with Crippen molar-refractivity contribution in [3.05, 3.63) is 58.1 Å². The van der Waals surface area contributed by atoms with Gasteiger partial charge in [0.25, 0.3) is 5.69 Å². The Hall–Kier alpha value is -3.46. The van der Waals surface area contributed by atoms with Crippen LogP contribution in [0.3, 0.4) is 0 Å². The van der Waals surface area contributed by atoms with Crippen molar-refractivity contribution in [1.29, 1.82) is 0 Å². The number of nitro benzene ring substituents is 1. The fraction of sp³-hybridized carbons (Fsp3) is 0.391. The molecule has 4 rings (SSSR count). The Bertz CT molecular complexity index is 1140. The standard InChI is InChI=1S/C23H26N4O5/c1-23(2,3)32-22(28)26-12-10-25(11-13-26)15-16-8-9-20-18(14-16)24-21(31-20)17-6-4-5-7-19(17)27(29)30/h4-9,14H,10-13,15H2,1-3H3. The summed E-state index contributed by atoms with van der Waals surface area (Å²) in [6.07, 6.45) is -0.274. The summed E-state index contributed by atoms with van der Waals surface area (Å²) in [6, 6.07) is 12.2. The molecule has 0 spiro atoms. The second-order valence-corrected chi connectivity index (χ2v) is 8.84. The number of piperazine rings is 1. The second-order valence-electron chi connectivity index (χ2n) is 8.84. The number of para-hydroxylation sites is 1. The van der Waals surface area contributed by atoms with E-state index in [1.54, 1.807) is 23.1 Å². The highest BCUT2D eigenvalue weighted by molar-refractivity contribution is 5.79. The highest BCUT2D eigenvalue weighted by Crippen LogP contribution is 2.31.